The van der Waals surface area contributed by atoms with Crippen LogP contribution in [0.5, 0.6) is 0 Å². The molecule has 0 radical (unpaired) electrons. The summed E-state index contributed by atoms with van der Waals surface area (Å²) in [7, 11) is 1.81. The van der Waals surface area contributed by atoms with Gasteiger partial charge in [-0.2, -0.15) is 0 Å². The minimum absolute atomic E-state index is 0.00722. The average molecular weight is 256 g/mol. The van der Waals surface area contributed by atoms with Crippen molar-refractivity contribution in [2.75, 3.05) is 33.3 Å². The summed E-state index contributed by atoms with van der Waals surface area (Å²) in [6, 6.07) is 0.665. The lowest BCUT2D eigenvalue weighted by molar-refractivity contribution is 0.00721. The Balaban J connectivity index is 2.39. The normalized spacial score (nSPS) is 23.3. The second-order valence-corrected chi connectivity index (χ2v) is 6.65. The van der Waals surface area contributed by atoms with E-state index in [1.165, 1.54) is 32.5 Å². The van der Waals surface area contributed by atoms with Crippen molar-refractivity contribution in [3.63, 3.8) is 0 Å². The van der Waals surface area contributed by atoms with Gasteiger partial charge in [-0.05, 0) is 52.1 Å². The van der Waals surface area contributed by atoms with Crippen LogP contribution < -0.4 is 5.32 Å². The Hall–Kier alpha value is -0.120. The van der Waals surface area contributed by atoms with Crippen molar-refractivity contribution < 1.29 is 4.74 Å². The third-order valence-corrected chi connectivity index (χ3v) is 3.90. The summed E-state index contributed by atoms with van der Waals surface area (Å²) in [5.74, 6) is 0.776. The van der Waals surface area contributed by atoms with Gasteiger partial charge in [-0.3, -0.25) is 0 Å². The van der Waals surface area contributed by atoms with Crippen LogP contribution >= 0.6 is 0 Å². The highest BCUT2D eigenvalue weighted by atomic mass is 16.5. The summed E-state index contributed by atoms with van der Waals surface area (Å²) >= 11 is 0. The fraction of sp³-hybridized carbons (Fsp3) is 1.00. The second-order valence-electron chi connectivity index (χ2n) is 6.65. The summed E-state index contributed by atoms with van der Waals surface area (Å²) < 4.78 is 5.51. The Kier molecular flexibility index (Phi) is 6.61. The van der Waals surface area contributed by atoms with E-state index in [0.717, 1.165) is 18.9 Å². The molecule has 0 aromatic carbocycles. The topological polar surface area (TPSA) is 24.5 Å². The molecular formula is C15H32N2O. The van der Waals surface area contributed by atoms with Crippen molar-refractivity contribution in [1.29, 1.82) is 0 Å². The van der Waals surface area contributed by atoms with Gasteiger partial charge < -0.3 is 15.0 Å². The van der Waals surface area contributed by atoms with E-state index in [0.29, 0.717) is 6.04 Å². The quantitative estimate of drug-likeness (QED) is 0.790. The predicted molar refractivity (Wildman–Crippen MR) is 78.0 cm³/mol. The highest BCUT2D eigenvalue weighted by Gasteiger charge is 2.22. The first-order chi connectivity index (χ1) is 8.43. The van der Waals surface area contributed by atoms with Crippen molar-refractivity contribution in [1.82, 2.24) is 10.2 Å². The van der Waals surface area contributed by atoms with Gasteiger partial charge in [0.15, 0.2) is 0 Å². The van der Waals surface area contributed by atoms with Crippen LogP contribution in [0.15, 0.2) is 0 Å². The molecular weight excluding hydrogens is 224 g/mol. The number of ether oxygens (including phenoxy) is 1. The Morgan fingerprint density at radius 2 is 2.11 bits per heavy atom. The number of methoxy groups -OCH3 is 1. The maximum absolute atomic E-state index is 5.51. The van der Waals surface area contributed by atoms with Crippen molar-refractivity contribution in [3.05, 3.63) is 0 Å². The zero-order valence-corrected chi connectivity index (χ0v) is 13.0. The lowest BCUT2D eigenvalue weighted by atomic mass is 10.0. The molecule has 1 saturated heterocycles. The van der Waals surface area contributed by atoms with E-state index in [1.807, 2.05) is 7.11 Å². The molecule has 0 saturated carbocycles. The zero-order valence-electron chi connectivity index (χ0n) is 13.0. The summed E-state index contributed by atoms with van der Waals surface area (Å²) in [6.07, 6.45) is 3.66. The molecule has 0 aliphatic carbocycles. The lowest BCUT2D eigenvalue weighted by Gasteiger charge is -2.29. The fourth-order valence-corrected chi connectivity index (χ4v) is 2.54. The van der Waals surface area contributed by atoms with Crippen LogP contribution in [0.3, 0.4) is 0 Å². The molecule has 3 nitrogen and oxygen atoms in total. The maximum Gasteiger partial charge on any atom is 0.0634 e. The highest BCUT2D eigenvalue weighted by Crippen LogP contribution is 2.15. The molecule has 1 aliphatic heterocycles. The number of nitrogens with zero attached hydrogens (tertiary/aromatic N) is 1. The number of nitrogens with one attached hydrogen (secondary N) is 1. The van der Waals surface area contributed by atoms with E-state index >= 15 is 0 Å². The standard InChI is InChI=1S/C15H32N2O/c1-13(2)11-14-12-17(9-6-8-16-14)10-7-15(3,4)18-5/h13-14,16H,6-12H2,1-5H3. The molecule has 0 amide bonds. The van der Waals surface area contributed by atoms with Gasteiger partial charge in [0.05, 0.1) is 5.60 Å². The molecule has 0 aromatic rings. The third kappa shape index (κ3) is 6.17. The van der Waals surface area contributed by atoms with Crippen molar-refractivity contribution in [2.24, 2.45) is 5.92 Å². The molecule has 1 unspecified atom stereocenters. The number of rotatable bonds is 6. The van der Waals surface area contributed by atoms with Gasteiger partial charge in [0.2, 0.25) is 0 Å². The first-order valence-corrected chi connectivity index (χ1v) is 7.44. The SMILES string of the molecule is COC(C)(C)CCN1CCCNC(CC(C)C)C1. The van der Waals surface area contributed by atoms with Gasteiger partial charge in [-0.25, -0.2) is 0 Å². The van der Waals surface area contributed by atoms with E-state index in [9.17, 15) is 0 Å². The van der Waals surface area contributed by atoms with E-state index in [-0.39, 0.29) is 5.60 Å². The molecule has 1 fully saturated rings. The van der Waals surface area contributed by atoms with Gasteiger partial charge in [-0.15, -0.1) is 0 Å². The first-order valence-electron chi connectivity index (χ1n) is 7.44. The van der Waals surface area contributed by atoms with Crippen LogP contribution in [0, 0.1) is 5.92 Å². The molecule has 18 heavy (non-hydrogen) atoms. The van der Waals surface area contributed by atoms with Crippen LogP contribution in [0.1, 0.15) is 47.0 Å². The van der Waals surface area contributed by atoms with Crippen LogP contribution in [-0.2, 0) is 4.74 Å². The van der Waals surface area contributed by atoms with E-state index in [2.05, 4.69) is 37.9 Å². The molecule has 1 atom stereocenters. The maximum atomic E-state index is 5.51. The van der Waals surface area contributed by atoms with Gasteiger partial charge >= 0.3 is 0 Å². The third-order valence-electron chi connectivity index (χ3n) is 3.90. The van der Waals surface area contributed by atoms with Crippen molar-refractivity contribution in [3.8, 4) is 0 Å². The van der Waals surface area contributed by atoms with Crippen LogP contribution in [0.2, 0.25) is 0 Å². The molecule has 1 rings (SSSR count). The minimum Gasteiger partial charge on any atom is -0.379 e. The highest BCUT2D eigenvalue weighted by molar-refractivity contribution is 4.79. The molecule has 0 aromatic heterocycles. The predicted octanol–water partition coefficient (Wildman–Crippen LogP) is 2.51. The lowest BCUT2D eigenvalue weighted by Crippen LogP contribution is -2.40. The van der Waals surface area contributed by atoms with E-state index in [4.69, 9.17) is 4.74 Å². The molecule has 3 heteroatoms. The van der Waals surface area contributed by atoms with Crippen LogP contribution in [0.4, 0.5) is 0 Å². The molecule has 0 spiro atoms. The first kappa shape index (κ1) is 15.9. The summed E-state index contributed by atoms with van der Waals surface area (Å²) in [5, 5.41) is 3.68. The monoisotopic (exact) mass is 256 g/mol. The van der Waals surface area contributed by atoms with Crippen LogP contribution in [-0.4, -0.2) is 49.8 Å². The average Bonchev–Trinajstić information content (AvgIpc) is 2.51. The zero-order chi connectivity index (χ0) is 13.6. The molecule has 0 bridgehead atoms. The largest absolute Gasteiger partial charge is 0.379 e. The van der Waals surface area contributed by atoms with Gasteiger partial charge in [0.25, 0.3) is 0 Å². The van der Waals surface area contributed by atoms with Gasteiger partial charge in [0.1, 0.15) is 0 Å². The molecule has 108 valence electrons. The molecule has 1 heterocycles. The van der Waals surface area contributed by atoms with Crippen molar-refractivity contribution in [2.45, 2.75) is 58.6 Å². The van der Waals surface area contributed by atoms with E-state index in [1.54, 1.807) is 0 Å². The Morgan fingerprint density at radius 1 is 1.39 bits per heavy atom. The summed E-state index contributed by atoms with van der Waals surface area (Å²) in [6.45, 7) is 13.7. The Labute approximate surface area is 113 Å². The van der Waals surface area contributed by atoms with E-state index < -0.39 is 0 Å². The summed E-state index contributed by atoms with van der Waals surface area (Å²) in [4.78, 5) is 2.60. The van der Waals surface area contributed by atoms with Crippen molar-refractivity contribution >= 4 is 0 Å². The smallest absolute Gasteiger partial charge is 0.0634 e. The fourth-order valence-electron chi connectivity index (χ4n) is 2.54. The second kappa shape index (κ2) is 7.46. The Bertz CT molecular complexity index is 229. The number of hydrogen-bond acceptors (Lipinski definition) is 3. The minimum atomic E-state index is 0.00722. The number of hydrogen-bond donors (Lipinski definition) is 1. The molecule has 1 N–H and O–H groups in total. The van der Waals surface area contributed by atoms with Gasteiger partial charge in [0, 0.05) is 26.2 Å². The summed E-state index contributed by atoms with van der Waals surface area (Å²) in [5.41, 5.74) is 0.00722. The Morgan fingerprint density at radius 3 is 2.72 bits per heavy atom. The van der Waals surface area contributed by atoms with Gasteiger partial charge in [-0.1, -0.05) is 13.8 Å². The molecule has 1 aliphatic rings. The van der Waals surface area contributed by atoms with Crippen LogP contribution in [0.25, 0.3) is 0 Å².